The molecule has 0 unspecified atom stereocenters. The van der Waals surface area contributed by atoms with Gasteiger partial charge in [-0.2, -0.15) is 0 Å². The van der Waals surface area contributed by atoms with Crippen LogP contribution in [0.4, 0.5) is 5.69 Å². The third-order valence-corrected chi connectivity index (χ3v) is 3.47. The maximum atomic E-state index is 11.1. The first-order chi connectivity index (χ1) is 8.56. The van der Waals surface area contributed by atoms with Gasteiger partial charge in [0.2, 0.25) is 0 Å². The Kier molecular flexibility index (Phi) is 3.62. The Balaban J connectivity index is 2.17. The first-order valence-electron chi connectivity index (χ1n) is 5.55. The molecular formula is C13H14N2O2S. The Morgan fingerprint density at radius 3 is 2.83 bits per heavy atom. The van der Waals surface area contributed by atoms with Crippen molar-refractivity contribution in [2.75, 3.05) is 5.32 Å². The number of aryl methyl sites for hydroxylation is 2. The minimum atomic E-state index is -0.923. The number of thiazole rings is 1. The maximum absolute atomic E-state index is 11.1. The van der Waals surface area contributed by atoms with E-state index in [1.54, 1.807) is 23.5 Å². The second-order valence-electron chi connectivity index (χ2n) is 4.09. The van der Waals surface area contributed by atoms with Crippen LogP contribution in [0.3, 0.4) is 0 Å². The van der Waals surface area contributed by atoms with Gasteiger partial charge in [-0.3, -0.25) is 0 Å². The van der Waals surface area contributed by atoms with Gasteiger partial charge in [0.15, 0.2) is 0 Å². The lowest BCUT2D eigenvalue weighted by Crippen LogP contribution is -2.06. The van der Waals surface area contributed by atoms with Gasteiger partial charge in [-0.05, 0) is 31.5 Å². The summed E-state index contributed by atoms with van der Waals surface area (Å²) in [6, 6.07) is 5.25. The molecule has 0 spiro atoms. The van der Waals surface area contributed by atoms with Crippen molar-refractivity contribution in [3.63, 3.8) is 0 Å². The minimum absolute atomic E-state index is 0.286. The van der Waals surface area contributed by atoms with E-state index < -0.39 is 5.97 Å². The topological polar surface area (TPSA) is 62.2 Å². The number of anilines is 1. The molecule has 2 N–H and O–H groups in total. The molecule has 0 amide bonds. The fourth-order valence-corrected chi connectivity index (χ4v) is 2.36. The number of carbonyl (C=O) groups is 1. The molecule has 18 heavy (non-hydrogen) atoms. The normalized spacial score (nSPS) is 10.3. The molecule has 1 heterocycles. The van der Waals surface area contributed by atoms with Gasteiger partial charge in [0.1, 0.15) is 5.01 Å². The van der Waals surface area contributed by atoms with Crippen molar-refractivity contribution in [1.82, 2.24) is 4.98 Å². The molecule has 0 atom stereocenters. The molecule has 0 bridgehead atoms. The van der Waals surface area contributed by atoms with E-state index >= 15 is 0 Å². The van der Waals surface area contributed by atoms with E-state index in [1.807, 2.05) is 25.3 Å². The van der Waals surface area contributed by atoms with Crippen LogP contribution in [0.2, 0.25) is 0 Å². The summed E-state index contributed by atoms with van der Waals surface area (Å²) in [4.78, 5) is 15.4. The first kappa shape index (κ1) is 12.6. The number of hydrogen-bond donors (Lipinski definition) is 2. The summed E-state index contributed by atoms with van der Waals surface area (Å²) in [5.74, 6) is -0.923. The Labute approximate surface area is 109 Å². The van der Waals surface area contributed by atoms with Crippen LogP contribution in [0, 0.1) is 13.8 Å². The summed E-state index contributed by atoms with van der Waals surface area (Å²) in [5.41, 5.74) is 2.93. The minimum Gasteiger partial charge on any atom is -0.478 e. The zero-order chi connectivity index (χ0) is 13.1. The Hall–Kier alpha value is -1.88. The van der Waals surface area contributed by atoms with E-state index in [0.29, 0.717) is 12.2 Å². The number of aromatic nitrogens is 1. The number of carboxylic acids is 1. The van der Waals surface area contributed by atoms with E-state index in [0.717, 1.165) is 16.3 Å². The van der Waals surface area contributed by atoms with E-state index in [-0.39, 0.29) is 5.56 Å². The van der Waals surface area contributed by atoms with Crippen molar-refractivity contribution in [3.05, 3.63) is 45.4 Å². The van der Waals surface area contributed by atoms with Crippen LogP contribution in [0.25, 0.3) is 0 Å². The average molecular weight is 262 g/mol. The van der Waals surface area contributed by atoms with E-state index in [4.69, 9.17) is 5.11 Å². The van der Waals surface area contributed by atoms with Crippen molar-refractivity contribution in [2.24, 2.45) is 0 Å². The highest BCUT2D eigenvalue weighted by Crippen LogP contribution is 2.19. The van der Waals surface area contributed by atoms with Crippen LogP contribution in [0.15, 0.2) is 23.6 Å². The van der Waals surface area contributed by atoms with E-state index in [1.165, 1.54) is 0 Å². The molecule has 0 aliphatic heterocycles. The smallest absolute Gasteiger partial charge is 0.337 e. The first-order valence-corrected chi connectivity index (χ1v) is 6.43. The second-order valence-corrected chi connectivity index (χ2v) is 5.03. The maximum Gasteiger partial charge on any atom is 0.337 e. The molecule has 1 aromatic heterocycles. The Morgan fingerprint density at radius 2 is 2.22 bits per heavy atom. The molecule has 0 saturated heterocycles. The monoisotopic (exact) mass is 262 g/mol. The van der Waals surface area contributed by atoms with Crippen molar-refractivity contribution < 1.29 is 9.90 Å². The summed E-state index contributed by atoms with van der Waals surface area (Å²) < 4.78 is 0. The van der Waals surface area contributed by atoms with Crippen LogP contribution >= 0.6 is 11.3 Å². The quantitative estimate of drug-likeness (QED) is 0.889. The van der Waals surface area contributed by atoms with Gasteiger partial charge in [0.25, 0.3) is 0 Å². The van der Waals surface area contributed by atoms with Gasteiger partial charge in [-0.15, -0.1) is 11.3 Å². The third-order valence-electron chi connectivity index (χ3n) is 2.50. The average Bonchev–Trinajstić information content (AvgIpc) is 2.72. The van der Waals surface area contributed by atoms with Gasteiger partial charge in [0, 0.05) is 16.8 Å². The highest BCUT2D eigenvalue weighted by Gasteiger charge is 2.10. The van der Waals surface area contributed by atoms with Crippen molar-refractivity contribution in [3.8, 4) is 0 Å². The van der Waals surface area contributed by atoms with E-state index in [2.05, 4.69) is 10.3 Å². The molecule has 2 rings (SSSR count). The molecule has 0 aliphatic carbocycles. The number of hydrogen-bond acceptors (Lipinski definition) is 4. The summed E-state index contributed by atoms with van der Waals surface area (Å²) >= 11 is 1.57. The number of nitrogens with one attached hydrogen (secondary N) is 1. The van der Waals surface area contributed by atoms with Crippen LogP contribution in [-0.4, -0.2) is 16.1 Å². The fraction of sp³-hybridized carbons (Fsp3) is 0.231. The molecule has 0 fully saturated rings. The van der Waals surface area contributed by atoms with Gasteiger partial charge in [-0.1, -0.05) is 6.07 Å². The zero-order valence-electron chi connectivity index (χ0n) is 10.2. The molecule has 0 aliphatic rings. The number of aromatic carboxylic acids is 1. The van der Waals surface area contributed by atoms with Crippen molar-refractivity contribution in [1.29, 1.82) is 0 Å². The molecule has 1 aromatic carbocycles. The number of nitrogens with zero attached hydrogens (tertiary/aromatic N) is 1. The van der Waals surface area contributed by atoms with Gasteiger partial charge in [0.05, 0.1) is 12.1 Å². The van der Waals surface area contributed by atoms with Gasteiger partial charge >= 0.3 is 5.97 Å². The highest BCUT2D eigenvalue weighted by molar-refractivity contribution is 7.09. The molecule has 5 heteroatoms. The Bertz CT molecular complexity index is 578. The molecule has 0 radical (unpaired) electrons. The van der Waals surface area contributed by atoms with Crippen molar-refractivity contribution >= 4 is 23.0 Å². The van der Waals surface area contributed by atoms with Gasteiger partial charge < -0.3 is 10.4 Å². The number of rotatable bonds is 4. The lowest BCUT2D eigenvalue weighted by Gasteiger charge is -2.09. The third kappa shape index (κ3) is 2.87. The molecular weight excluding hydrogens is 248 g/mol. The lowest BCUT2D eigenvalue weighted by atomic mass is 10.1. The van der Waals surface area contributed by atoms with Crippen LogP contribution in [-0.2, 0) is 6.54 Å². The van der Waals surface area contributed by atoms with E-state index in [9.17, 15) is 4.79 Å². The SMILES string of the molecule is Cc1ccc(C(=O)O)c(NCc2nc(C)cs2)c1. The summed E-state index contributed by atoms with van der Waals surface area (Å²) in [7, 11) is 0. The summed E-state index contributed by atoms with van der Waals surface area (Å²) in [6.07, 6.45) is 0. The highest BCUT2D eigenvalue weighted by atomic mass is 32.1. The molecule has 4 nitrogen and oxygen atoms in total. The summed E-state index contributed by atoms with van der Waals surface area (Å²) in [5, 5.41) is 15.2. The van der Waals surface area contributed by atoms with Crippen molar-refractivity contribution in [2.45, 2.75) is 20.4 Å². The standard InChI is InChI=1S/C13H14N2O2S/c1-8-3-4-10(13(16)17)11(5-8)14-6-12-15-9(2)7-18-12/h3-5,7,14H,6H2,1-2H3,(H,16,17). The lowest BCUT2D eigenvalue weighted by molar-refractivity contribution is 0.0698. The Morgan fingerprint density at radius 1 is 1.44 bits per heavy atom. The van der Waals surface area contributed by atoms with Crippen LogP contribution in [0.1, 0.15) is 26.6 Å². The molecule has 94 valence electrons. The largest absolute Gasteiger partial charge is 0.478 e. The molecule has 0 saturated carbocycles. The van der Waals surface area contributed by atoms with Gasteiger partial charge in [-0.25, -0.2) is 9.78 Å². The second kappa shape index (κ2) is 5.18. The number of carboxylic acid groups (broad SMARTS) is 1. The van der Waals surface area contributed by atoms with Crippen LogP contribution in [0.5, 0.6) is 0 Å². The predicted molar refractivity (Wildman–Crippen MR) is 72.3 cm³/mol. The summed E-state index contributed by atoms with van der Waals surface area (Å²) in [6.45, 7) is 4.42. The van der Waals surface area contributed by atoms with Crippen LogP contribution < -0.4 is 5.32 Å². The number of benzene rings is 1. The fourth-order valence-electron chi connectivity index (χ4n) is 1.65. The molecule has 2 aromatic rings. The zero-order valence-corrected chi connectivity index (χ0v) is 11.0. The predicted octanol–water partition coefficient (Wildman–Crippen LogP) is 3.07.